The van der Waals surface area contributed by atoms with Gasteiger partial charge in [-0.3, -0.25) is 9.78 Å². The fourth-order valence-electron chi connectivity index (χ4n) is 2.01. The minimum absolute atomic E-state index is 0.00169. The minimum atomic E-state index is -0.809. The summed E-state index contributed by atoms with van der Waals surface area (Å²) in [4.78, 5) is 16.8. The first kappa shape index (κ1) is 14.0. The van der Waals surface area contributed by atoms with E-state index in [0.717, 1.165) is 24.2 Å². The molecule has 4 nitrogen and oxygen atoms in total. The van der Waals surface area contributed by atoms with Crippen LogP contribution in [0.4, 0.5) is 0 Å². The van der Waals surface area contributed by atoms with Gasteiger partial charge in [-0.1, -0.05) is 6.07 Å². The van der Waals surface area contributed by atoms with Gasteiger partial charge in [0.2, 0.25) is 0 Å². The van der Waals surface area contributed by atoms with Crippen molar-refractivity contribution >= 4 is 5.91 Å². The predicted octanol–water partition coefficient (Wildman–Crippen LogP) is 2.38. The first-order valence-corrected chi connectivity index (χ1v) is 6.73. The monoisotopic (exact) mass is 262 g/mol. The zero-order chi connectivity index (χ0) is 14.0. The number of aryl methyl sites for hydroxylation is 1. The van der Waals surface area contributed by atoms with Crippen LogP contribution in [-0.4, -0.2) is 23.6 Å². The lowest BCUT2D eigenvalue weighted by atomic mass is 10.0. The Hall–Kier alpha value is -1.42. The normalized spacial score (nSPS) is 17.1. The molecule has 104 valence electrons. The van der Waals surface area contributed by atoms with Gasteiger partial charge in [-0.15, -0.1) is 0 Å². The van der Waals surface area contributed by atoms with Crippen molar-refractivity contribution in [1.29, 1.82) is 0 Å². The number of carbonyl (C=O) groups excluding carboxylic acids is 1. The van der Waals surface area contributed by atoms with Crippen LogP contribution in [0.1, 0.15) is 44.1 Å². The lowest BCUT2D eigenvalue weighted by Crippen LogP contribution is -2.45. The molecule has 2 rings (SSSR count). The second-order valence-corrected chi connectivity index (χ2v) is 5.71. The van der Waals surface area contributed by atoms with Gasteiger partial charge in [0.25, 0.3) is 5.91 Å². The molecule has 1 saturated carbocycles. The molecule has 4 heteroatoms. The number of aromatic nitrogens is 1. The van der Waals surface area contributed by atoms with Gasteiger partial charge in [0.05, 0.1) is 11.7 Å². The maximum absolute atomic E-state index is 12.2. The van der Waals surface area contributed by atoms with Crippen LogP contribution >= 0.6 is 0 Å². The van der Waals surface area contributed by atoms with Crippen LogP contribution in [0.5, 0.6) is 0 Å². The molecular formula is C15H22N2O2. The Balaban J connectivity index is 2.16. The van der Waals surface area contributed by atoms with Gasteiger partial charge < -0.3 is 10.1 Å². The fourth-order valence-corrected chi connectivity index (χ4v) is 2.01. The molecular weight excluding hydrogens is 240 g/mol. The summed E-state index contributed by atoms with van der Waals surface area (Å²) >= 11 is 0. The van der Waals surface area contributed by atoms with Crippen LogP contribution in [0.15, 0.2) is 18.2 Å². The summed E-state index contributed by atoms with van der Waals surface area (Å²) in [6, 6.07) is 5.94. The second-order valence-electron chi connectivity index (χ2n) is 5.71. The zero-order valence-electron chi connectivity index (χ0n) is 12.1. The SMILES string of the molecule is COC(C)(C)C(=O)N[C@H](c1cccc(C)n1)C1CC1. The summed E-state index contributed by atoms with van der Waals surface area (Å²) in [6.07, 6.45) is 2.29. The molecule has 0 spiro atoms. The minimum Gasteiger partial charge on any atom is -0.369 e. The second kappa shape index (κ2) is 5.29. The van der Waals surface area contributed by atoms with E-state index in [1.54, 1.807) is 21.0 Å². The molecule has 1 aromatic rings. The molecule has 1 heterocycles. The van der Waals surface area contributed by atoms with Gasteiger partial charge in [0, 0.05) is 12.8 Å². The standard InChI is InChI=1S/C15H22N2O2/c1-10-6-5-7-12(16-10)13(11-8-9-11)17-14(18)15(2,3)19-4/h5-7,11,13H,8-9H2,1-4H3,(H,17,18)/t13-/m0/s1. The lowest BCUT2D eigenvalue weighted by Gasteiger charge is -2.26. The number of amides is 1. The molecule has 1 N–H and O–H groups in total. The highest BCUT2D eigenvalue weighted by molar-refractivity contribution is 5.84. The Kier molecular flexibility index (Phi) is 3.90. The van der Waals surface area contributed by atoms with Crippen molar-refractivity contribution in [3.8, 4) is 0 Å². The van der Waals surface area contributed by atoms with Crippen molar-refractivity contribution in [2.24, 2.45) is 5.92 Å². The van der Waals surface area contributed by atoms with E-state index < -0.39 is 5.60 Å². The molecule has 0 radical (unpaired) electrons. The molecule has 0 unspecified atom stereocenters. The summed E-state index contributed by atoms with van der Waals surface area (Å²) in [6.45, 7) is 5.51. The van der Waals surface area contributed by atoms with Crippen molar-refractivity contribution in [3.05, 3.63) is 29.6 Å². The van der Waals surface area contributed by atoms with Gasteiger partial charge in [-0.05, 0) is 51.7 Å². The quantitative estimate of drug-likeness (QED) is 0.886. The molecule has 1 aliphatic rings. The number of nitrogens with zero attached hydrogens (tertiary/aromatic N) is 1. The van der Waals surface area contributed by atoms with E-state index >= 15 is 0 Å². The molecule has 0 aliphatic heterocycles. The Morgan fingerprint density at radius 2 is 2.16 bits per heavy atom. The third-order valence-electron chi connectivity index (χ3n) is 3.67. The summed E-state index contributed by atoms with van der Waals surface area (Å²) in [7, 11) is 1.55. The van der Waals surface area contributed by atoms with Crippen molar-refractivity contribution < 1.29 is 9.53 Å². The van der Waals surface area contributed by atoms with Gasteiger partial charge >= 0.3 is 0 Å². The summed E-state index contributed by atoms with van der Waals surface area (Å²) in [5.41, 5.74) is 1.11. The number of hydrogen-bond donors (Lipinski definition) is 1. The van der Waals surface area contributed by atoms with Gasteiger partial charge in [-0.25, -0.2) is 0 Å². The third-order valence-corrected chi connectivity index (χ3v) is 3.67. The van der Waals surface area contributed by atoms with Crippen LogP contribution in [0, 0.1) is 12.8 Å². The Morgan fingerprint density at radius 1 is 1.47 bits per heavy atom. The Labute approximate surface area is 114 Å². The highest BCUT2D eigenvalue weighted by atomic mass is 16.5. The summed E-state index contributed by atoms with van der Waals surface area (Å²) < 4.78 is 5.23. The average molecular weight is 262 g/mol. The number of nitrogens with one attached hydrogen (secondary N) is 1. The highest BCUT2D eigenvalue weighted by Gasteiger charge is 2.37. The number of methoxy groups -OCH3 is 1. The van der Waals surface area contributed by atoms with Crippen LogP contribution in [0.2, 0.25) is 0 Å². The highest BCUT2D eigenvalue weighted by Crippen LogP contribution is 2.40. The van der Waals surface area contributed by atoms with Crippen molar-refractivity contribution in [1.82, 2.24) is 10.3 Å². The van der Waals surface area contributed by atoms with E-state index in [9.17, 15) is 4.79 Å². The number of rotatable bonds is 5. The fraction of sp³-hybridized carbons (Fsp3) is 0.600. The van der Waals surface area contributed by atoms with Crippen molar-refractivity contribution in [3.63, 3.8) is 0 Å². The first-order chi connectivity index (χ1) is 8.94. The predicted molar refractivity (Wildman–Crippen MR) is 73.7 cm³/mol. The number of pyridine rings is 1. The van der Waals surface area contributed by atoms with Crippen LogP contribution < -0.4 is 5.32 Å². The largest absolute Gasteiger partial charge is 0.369 e. The van der Waals surface area contributed by atoms with E-state index in [4.69, 9.17) is 4.74 Å². The molecule has 1 fully saturated rings. The van der Waals surface area contributed by atoms with Gasteiger partial charge in [0.15, 0.2) is 0 Å². The Morgan fingerprint density at radius 3 is 2.68 bits per heavy atom. The average Bonchev–Trinajstić information content (AvgIpc) is 3.19. The molecule has 1 atom stereocenters. The molecule has 1 aromatic heterocycles. The van der Waals surface area contributed by atoms with Gasteiger partial charge in [0.1, 0.15) is 5.60 Å². The number of ether oxygens (including phenoxy) is 1. The summed E-state index contributed by atoms with van der Waals surface area (Å²) in [5.74, 6) is 0.418. The van der Waals surface area contributed by atoms with Crippen LogP contribution in [0.25, 0.3) is 0 Å². The lowest BCUT2D eigenvalue weighted by molar-refractivity contribution is -0.140. The molecule has 1 amide bonds. The number of hydrogen-bond acceptors (Lipinski definition) is 3. The molecule has 0 aromatic carbocycles. The smallest absolute Gasteiger partial charge is 0.252 e. The van der Waals surface area contributed by atoms with E-state index in [0.29, 0.717) is 5.92 Å². The van der Waals surface area contributed by atoms with E-state index in [-0.39, 0.29) is 11.9 Å². The van der Waals surface area contributed by atoms with E-state index in [1.165, 1.54) is 0 Å². The topological polar surface area (TPSA) is 51.2 Å². The number of carbonyl (C=O) groups is 1. The van der Waals surface area contributed by atoms with Crippen molar-refractivity contribution in [2.75, 3.05) is 7.11 Å². The Bertz CT molecular complexity index is 467. The van der Waals surface area contributed by atoms with Crippen LogP contribution in [0.3, 0.4) is 0 Å². The molecule has 19 heavy (non-hydrogen) atoms. The molecule has 0 saturated heterocycles. The van der Waals surface area contributed by atoms with Crippen LogP contribution in [-0.2, 0) is 9.53 Å². The van der Waals surface area contributed by atoms with E-state index in [2.05, 4.69) is 10.3 Å². The molecule has 0 bridgehead atoms. The van der Waals surface area contributed by atoms with Gasteiger partial charge in [-0.2, -0.15) is 0 Å². The first-order valence-electron chi connectivity index (χ1n) is 6.73. The maximum Gasteiger partial charge on any atom is 0.252 e. The maximum atomic E-state index is 12.2. The molecule has 1 aliphatic carbocycles. The van der Waals surface area contributed by atoms with E-state index in [1.807, 2.05) is 25.1 Å². The van der Waals surface area contributed by atoms with Crippen molar-refractivity contribution in [2.45, 2.75) is 45.3 Å². The third kappa shape index (κ3) is 3.32. The zero-order valence-corrected chi connectivity index (χ0v) is 12.1. The summed E-state index contributed by atoms with van der Waals surface area (Å²) in [5, 5.41) is 3.09.